The van der Waals surface area contributed by atoms with E-state index < -0.39 is 0 Å². The number of hydrogen-bond donors (Lipinski definition) is 1. The Balaban J connectivity index is 2.64. The summed E-state index contributed by atoms with van der Waals surface area (Å²) in [6, 6.07) is 13.6. The molecule has 0 atom stereocenters. The molecule has 0 aliphatic heterocycles. The average molecular weight is 256 g/mol. The molecule has 0 saturated heterocycles. The van der Waals surface area contributed by atoms with E-state index in [9.17, 15) is 5.11 Å². The predicted octanol–water partition coefficient (Wildman–Crippen LogP) is 4.37. The topological polar surface area (TPSA) is 29.5 Å². The number of para-hydroxylation sites is 2. The zero-order valence-electron chi connectivity index (χ0n) is 11.9. The van der Waals surface area contributed by atoms with Gasteiger partial charge >= 0.3 is 0 Å². The number of methoxy groups -OCH3 is 1. The lowest BCUT2D eigenvalue weighted by Gasteiger charge is -2.22. The van der Waals surface area contributed by atoms with E-state index >= 15 is 0 Å². The zero-order chi connectivity index (χ0) is 14.0. The number of ether oxygens (including phenoxy) is 1. The van der Waals surface area contributed by atoms with E-state index in [2.05, 4.69) is 20.8 Å². The summed E-state index contributed by atoms with van der Waals surface area (Å²) in [5.41, 5.74) is 2.57. The third kappa shape index (κ3) is 2.58. The molecule has 0 heterocycles. The largest absolute Gasteiger partial charge is 0.507 e. The number of phenols is 1. The van der Waals surface area contributed by atoms with Gasteiger partial charge in [0.2, 0.25) is 0 Å². The Morgan fingerprint density at radius 2 is 1.53 bits per heavy atom. The lowest BCUT2D eigenvalue weighted by Crippen LogP contribution is -2.11. The van der Waals surface area contributed by atoms with Gasteiger partial charge in [0.25, 0.3) is 0 Å². The van der Waals surface area contributed by atoms with Gasteiger partial charge in [0.05, 0.1) is 7.11 Å². The Labute approximate surface area is 114 Å². The summed E-state index contributed by atoms with van der Waals surface area (Å²) in [7, 11) is 1.64. The summed E-state index contributed by atoms with van der Waals surface area (Å²) in [5.74, 6) is 1.10. The highest BCUT2D eigenvalue weighted by molar-refractivity contribution is 5.77. The quantitative estimate of drug-likeness (QED) is 0.864. The molecule has 0 aromatic heterocycles. The number of aromatic hydroxyl groups is 1. The van der Waals surface area contributed by atoms with Crippen molar-refractivity contribution in [2.24, 2.45) is 0 Å². The Bertz CT molecular complexity index is 580. The van der Waals surface area contributed by atoms with E-state index in [1.165, 1.54) is 0 Å². The van der Waals surface area contributed by atoms with Crippen LogP contribution in [0.4, 0.5) is 0 Å². The molecule has 0 saturated carbocycles. The smallest absolute Gasteiger partial charge is 0.127 e. The van der Waals surface area contributed by atoms with E-state index in [4.69, 9.17) is 4.74 Å². The van der Waals surface area contributed by atoms with Crippen LogP contribution in [0.15, 0.2) is 42.5 Å². The van der Waals surface area contributed by atoms with Crippen LogP contribution in [0, 0.1) is 0 Å². The fraction of sp³-hybridized carbons (Fsp3) is 0.294. The number of hydrogen-bond acceptors (Lipinski definition) is 2. The van der Waals surface area contributed by atoms with Crippen molar-refractivity contribution < 1.29 is 9.84 Å². The molecule has 0 spiro atoms. The Morgan fingerprint density at radius 1 is 0.895 bits per heavy atom. The van der Waals surface area contributed by atoms with Gasteiger partial charge in [0, 0.05) is 11.1 Å². The second-order valence-corrected chi connectivity index (χ2v) is 5.65. The van der Waals surface area contributed by atoms with E-state index in [-0.39, 0.29) is 5.41 Å². The first kappa shape index (κ1) is 13.5. The van der Waals surface area contributed by atoms with Gasteiger partial charge in [0.15, 0.2) is 0 Å². The Morgan fingerprint density at radius 3 is 2.16 bits per heavy atom. The Hall–Kier alpha value is -1.96. The van der Waals surface area contributed by atoms with Gasteiger partial charge < -0.3 is 9.84 Å². The molecule has 0 aliphatic rings. The van der Waals surface area contributed by atoms with Crippen molar-refractivity contribution in [3.63, 3.8) is 0 Å². The minimum atomic E-state index is -0.0951. The monoisotopic (exact) mass is 256 g/mol. The van der Waals surface area contributed by atoms with Crippen LogP contribution >= 0.6 is 0 Å². The minimum Gasteiger partial charge on any atom is -0.507 e. The van der Waals surface area contributed by atoms with Crippen molar-refractivity contribution in [3.05, 3.63) is 48.0 Å². The summed E-state index contributed by atoms with van der Waals surface area (Å²) in [6.45, 7) is 6.27. The van der Waals surface area contributed by atoms with E-state index in [1.54, 1.807) is 7.11 Å². The normalized spacial score (nSPS) is 11.4. The number of phenolic OH excluding ortho intramolecular Hbond substituents is 1. The lowest BCUT2D eigenvalue weighted by atomic mass is 9.84. The maximum Gasteiger partial charge on any atom is 0.127 e. The third-order valence-corrected chi connectivity index (χ3v) is 3.24. The molecule has 0 amide bonds. The van der Waals surface area contributed by atoms with Gasteiger partial charge in [-0.1, -0.05) is 57.2 Å². The standard InChI is InChI=1S/C17H20O2/c1-17(2,3)14-10-7-9-13(16(14)18)12-8-5-6-11-15(12)19-4/h5-11,18H,1-4H3. The summed E-state index contributed by atoms with van der Waals surface area (Å²) in [4.78, 5) is 0. The van der Waals surface area contributed by atoms with E-state index in [1.807, 2.05) is 42.5 Å². The van der Waals surface area contributed by atoms with Crippen LogP contribution in [-0.4, -0.2) is 12.2 Å². The fourth-order valence-electron chi connectivity index (χ4n) is 2.23. The molecule has 2 heteroatoms. The van der Waals surface area contributed by atoms with Crippen LogP contribution in [0.2, 0.25) is 0 Å². The molecular formula is C17H20O2. The van der Waals surface area contributed by atoms with Crippen molar-refractivity contribution in [3.8, 4) is 22.6 Å². The average Bonchev–Trinajstić information content (AvgIpc) is 2.37. The second kappa shape index (κ2) is 4.96. The molecule has 0 unspecified atom stereocenters. The Kier molecular flexibility index (Phi) is 3.52. The molecule has 2 aromatic rings. The molecule has 19 heavy (non-hydrogen) atoms. The number of benzene rings is 2. The van der Waals surface area contributed by atoms with E-state index in [0.29, 0.717) is 5.75 Å². The van der Waals surface area contributed by atoms with Gasteiger partial charge in [-0.3, -0.25) is 0 Å². The van der Waals surface area contributed by atoms with Crippen molar-refractivity contribution in [1.82, 2.24) is 0 Å². The highest BCUT2D eigenvalue weighted by Gasteiger charge is 2.21. The fourth-order valence-corrected chi connectivity index (χ4v) is 2.23. The summed E-state index contributed by atoms with van der Waals surface area (Å²) in [5, 5.41) is 10.5. The molecule has 0 radical (unpaired) electrons. The molecule has 1 N–H and O–H groups in total. The molecule has 0 fully saturated rings. The predicted molar refractivity (Wildman–Crippen MR) is 78.8 cm³/mol. The summed E-state index contributed by atoms with van der Waals surface area (Å²) >= 11 is 0. The van der Waals surface area contributed by atoms with Crippen molar-refractivity contribution in [2.45, 2.75) is 26.2 Å². The maximum atomic E-state index is 10.5. The molecular weight excluding hydrogens is 236 g/mol. The zero-order valence-corrected chi connectivity index (χ0v) is 11.9. The molecule has 2 rings (SSSR count). The van der Waals surface area contributed by atoms with Gasteiger partial charge in [-0.25, -0.2) is 0 Å². The lowest BCUT2D eigenvalue weighted by molar-refractivity contribution is 0.415. The van der Waals surface area contributed by atoms with Gasteiger partial charge in [0.1, 0.15) is 11.5 Å². The van der Waals surface area contributed by atoms with Crippen LogP contribution in [0.25, 0.3) is 11.1 Å². The number of rotatable bonds is 2. The third-order valence-electron chi connectivity index (χ3n) is 3.24. The first-order valence-corrected chi connectivity index (χ1v) is 6.41. The molecule has 100 valence electrons. The summed E-state index contributed by atoms with van der Waals surface area (Å²) in [6.07, 6.45) is 0. The highest BCUT2D eigenvalue weighted by Crippen LogP contribution is 2.41. The molecule has 0 bridgehead atoms. The molecule has 0 aliphatic carbocycles. The highest BCUT2D eigenvalue weighted by atomic mass is 16.5. The van der Waals surface area contributed by atoms with Crippen LogP contribution in [0.3, 0.4) is 0 Å². The summed E-state index contributed by atoms with van der Waals surface area (Å²) < 4.78 is 5.37. The first-order chi connectivity index (χ1) is 8.95. The maximum absolute atomic E-state index is 10.5. The van der Waals surface area contributed by atoms with Gasteiger partial charge in [-0.2, -0.15) is 0 Å². The van der Waals surface area contributed by atoms with Crippen LogP contribution in [0.1, 0.15) is 26.3 Å². The van der Waals surface area contributed by atoms with Gasteiger partial charge in [-0.05, 0) is 17.0 Å². The molecule has 2 nitrogen and oxygen atoms in total. The van der Waals surface area contributed by atoms with Crippen molar-refractivity contribution in [2.75, 3.05) is 7.11 Å². The second-order valence-electron chi connectivity index (χ2n) is 5.65. The SMILES string of the molecule is COc1ccccc1-c1cccc(C(C)(C)C)c1O. The van der Waals surface area contributed by atoms with Crippen LogP contribution < -0.4 is 4.74 Å². The molecule has 2 aromatic carbocycles. The van der Waals surface area contributed by atoms with Gasteiger partial charge in [-0.15, -0.1) is 0 Å². The first-order valence-electron chi connectivity index (χ1n) is 6.41. The van der Waals surface area contributed by atoms with Crippen molar-refractivity contribution in [1.29, 1.82) is 0 Å². The van der Waals surface area contributed by atoms with E-state index in [0.717, 1.165) is 22.4 Å². The minimum absolute atomic E-state index is 0.0951. The van der Waals surface area contributed by atoms with Crippen LogP contribution in [0.5, 0.6) is 11.5 Å². The van der Waals surface area contributed by atoms with Crippen LogP contribution in [-0.2, 0) is 5.41 Å². The van der Waals surface area contributed by atoms with Crippen molar-refractivity contribution >= 4 is 0 Å².